The maximum absolute atomic E-state index is 10.6. The van der Waals surface area contributed by atoms with Gasteiger partial charge < -0.3 is 10.6 Å². The predicted octanol–water partition coefficient (Wildman–Crippen LogP) is 0.675. The van der Waals surface area contributed by atoms with E-state index in [4.69, 9.17) is 0 Å². The van der Waals surface area contributed by atoms with Gasteiger partial charge in [0.05, 0.1) is 0 Å². The summed E-state index contributed by atoms with van der Waals surface area (Å²) in [5, 5.41) is 5.51. The highest BCUT2D eigenvalue weighted by Gasteiger charge is 2.02. The van der Waals surface area contributed by atoms with Crippen LogP contribution in [-0.2, 0) is 9.59 Å². The van der Waals surface area contributed by atoms with Gasteiger partial charge in [-0.1, -0.05) is 6.92 Å². The van der Waals surface area contributed by atoms with Gasteiger partial charge in [-0.3, -0.25) is 9.59 Å². The van der Waals surface area contributed by atoms with Crippen molar-refractivity contribution in [1.82, 2.24) is 10.6 Å². The molecule has 2 N–H and O–H groups in total. The number of rotatable bonds is 6. The van der Waals surface area contributed by atoms with Crippen molar-refractivity contribution >= 4 is 11.8 Å². The van der Waals surface area contributed by atoms with E-state index < -0.39 is 0 Å². The van der Waals surface area contributed by atoms with Crippen molar-refractivity contribution < 1.29 is 9.59 Å². The van der Waals surface area contributed by atoms with Gasteiger partial charge in [0.15, 0.2) is 0 Å². The smallest absolute Gasteiger partial charge is 0.216 e. The molecule has 2 amide bonds. The maximum atomic E-state index is 10.6. The number of carbonyl (C=O) groups excluding carboxylic acids is 2. The van der Waals surface area contributed by atoms with E-state index in [2.05, 4.69) is 17.6 Å². The van der Waals surface area contributed by atoms with Crippen molar-refractivity contribution in [3.8, 4) is 0 Å². The van der Waals surface area contributed by atoms with Crippen molar-refractivity contribution in [2.75, 3.05) is 13.1 Å². The quantitative estimate of drug-likeness (QED) is 0.619. The molecule has 0 aliphatic heterocycles. The van der Waals surface area contributed by atoms with Crippen LogP contribution in [0.5, 0.6) is 0 Å². The molecule has 0 saturated heterocycles. The minimum absolute atomic E-state index is 0.0127. The topological polar surface area (TPSA) is 58.2 Å². The van der Waals surface area contributed by atoms with Gasteiger partial charge in [-0.15, -0.1) is 0 Å². The molecule has 0 heterocycles. The van der Waals surface area contributed by atoms with E-state index >= 15 is 0 Å². The van der Waals surface area contributed by atoms with Crippen molar-refractivity contribution in [3.63, 3.8) is 0 Å². The van der Waals surface area contributed by atoms with Crippen LogP contribution in [0.1, 0.15) is 33.6 Å². The Morgan fingerprint density at radius 3 is 2.21 bits per heavy atom. The zero-order valence-electron chi connectivity index (χ0n) is 9.22. The summed E-state index contributed by atoms with van der Waals surface area (Å²) in [6, 6.07) is 0. The number of carbonyl (C=O) groups is 2. The molecular weight excluding hydrogens is 180 g/mol. The van der Waals surface area contributed by atoms with Crippen LogP contribution < -0.4 is 10.6 Å². The molecule has 0 aromatic rings. The predicted molar refractivity (Wildman–Crippen MR) is 55.8 cm³/mol. The summed E-state index contributed by atoms with van der Waals surface area (Å²) in [6.07, 6.45) is 1.97. The standard InChI is InChI=1S/C10H20N2O2/c1-8(7-12-10(3)14)5-4-6-11-9(2)13/h8H,4-7H2,1-3H3,(H,11,13)(H,12,14)/t8-/m0/s1. The van der Waals surface area contributed by atoms with Gasteiger partial charge in [-0.25, -0.2) is 0 Å². The van der Waals surface area contributed by atoms with Crippen LogP contribution >= 0.6 is 0 Å². The first-order chi connectivity index (χ1) is 6.52. The van der Waals surface area contributed by atoms with E-state index in [9.17, 15) is 9.59 Å². The second kappa shape index (κ2) is 7.35. The van der Waals surface area contributed by atoms with Gasteiger partial charge in [-0.05, 0) is 18.8 Å². The Morgan fingerprint density at radius 2 is 1.71 bits per heavy atom. The molecule has 0 rings (SSSR count). The van der Waals surface area contributed by atoms with Gasteiger partial charge in [0.25, 0.3) is 0 Å². The van der Waals surface area contributed by atoms with Crippen molar-refractivity contribution in [1.29, 1.82) is 0 Å². The maximum Gasteiger partial charge on any atom is 0.216 e. The van der Waals surface area contributed by atoms with Crippen LogP contribution in [0, 0.1) is 5.92 Å². The summed E-state index contributed by atoms with van der Waals surface area (Å²) in [5.74, 6) is 0.492. The molecule has 4 heteroatoms. The highest BCUT2D eigenvalue weighted by Crippen LogP contribution is 2.02. The molecule has 0 fully saturated rings. The fraction of sp³-hybridized carbons (Fsp3) is 0.800. The molecule has 0 aromatic heterocycles. The molecule has 14 heavy (non-hydrogen) atoms. The van der Waals surface area contributed by atoms with Gasteiger partial charge in [0.1, 0.15) is 0 Å². The van der Waals surface area contributed by atoms with Crippen molar-refractivity contribution in [2.24, 2.45) is 5.92 Å². The van der Waals surface area contributed by atoms with Gasteiger partial charge in [0, 0.05) is 26.9 Å². The first-order valence-corrected chi connectivity index (χ1v) is 5.01. The van der Waals surface area contributed by atoms with Crippen molar-refractivity contribution in [2.45, 2.75) is 33.6 Å². The third-order valence-corrected chi connectivity index (χ3v) is 1.95. The molecular formula is C10H20N2O2. The van der Waals surface area contributed by atoms with Gasteiger partial charge in [-0.2, -0.15) is 0 Å². The molecule has 82 valence electrons. The highest BCUT2D eigenvalue weighted by atomic mass is 16.1. The molecule has 0 saturated carbocycles. The lowest BCUT2D eigenvalue weighted by molar-refractivity contribution is -0.119. The van der Waals surface area contributed by atoms with Crippen LogP contribution in [0.2, 0.25) is 0 Å². The molecule has 4 nitrogen and oxygen atoms in total. The van der Waals surface area contributed by atoms with Crippen LogP contribution in [0.3, 0.4) is 0 Å². The summed E-state index contributed by atoms with van der Waals surface area (Å²) in [4.78, 5) is 21.1. The van der Waals surface area contributed by atoms with E-state index in [0.29, 0.717) is 5.92 Å². The van der Waals surface area contributed by atoms with E-state index in [-0.39, 0.29) is 11.8 Å². The Labute approximate surface area is 85.4 Å². The number of hydrogen-bond acceptors (Lipinski definition) is 2. The molecule has 0 radical (unpaired) electrons. The first-order valence-electron chi connectivity index (χ1n) is 5.01. The monoisotopic (exact) mass is 200 g/mol. The van der Waals surface area contributed by atoms with Crippen LogP contribution in [0.4, 0.5) is 0 Å². The van der Waals surface area contributed by atoms with E-state index in [1.165, 1.54) is 13.8 Å². The number of nitrogens with one attached hydrogen (secondary N) is 2. The Balaban J connectivity index is 3.30. The van der Waals surface area contributed by atoms with Crippen molar-refractivity contribution in [3.05, 3.63) is 0 Å². The van der Waals surface area contributed by atoms with E-state index in [1.807, 2.05) is 0 Å². The average Bonchev–Trinajstić information content (AvgIpc) is 2.08. The molecule has 1 atom stereocenters. The lowest BCUT2D eigenvalue weighted by atomic mass is 10.1. The Bertz CT molecular complexity index is 193. The van der Waals surface area contributed by atoms with E-state index in [1.54, 1.807) is 0 Å². The van der Waals surface area contributed by atoms with Crippen LogP contribution in [-0.4, -0.2) is 24.9 Å². The third-order valence-electron chi connectivity index (χ3n) is 1.95. The normalized spacial score (nSPS) is 11.9. The van der Waals surface area contributed by atoms with Crippen LogP contribution in [0.15, 0.2) is 0 Å². The number of amides is 2. The van der Waals surface area contributed by atoms with Gasteiger partial charge in [0.2, 0.25) is 11.8 Å². The second-order valence-corrected chi connectivity index (χ2v) is 3.67. The fourth-order valence-electron chi connectivity index (χ4n) is 1.13. The summed E-state index contributed by atoms with van der Waals surface area (Å²) in [6.45, 7) is 6.56. The lowest BCUT2D eigenvalue weighted by Crippen LogP contribution is -2.26. The fourth-order valence-corrected chi connectivity index (χ4v) is 1.13. The van der Waals surface area contributed by atoms with E-state index in [0.717, 1.165) is 25.9 Å². The molecule has 0 spiro atoms. The molecule has 0 aliphatic rings. The number of hydrogen-bond donors (Lipinski definition) is 2. The van der Waals surface area contributed by atoms with Gasteiger partial charge >= 0.3 is 0 Å². The van der Waals surface area contributed by atoms with Crippen LogP contribution in [0.25, 0.3) is 0 Å². The second-order valence-electron chi connectivity index (χ2n) is 3.67. The lowest BCUT2D eigenvalue weighted by Gasteiger charge is -2.11. The summed E-state index contributed by atoms with van der Waals surface area (Å²) >= 11 is 0. The molecule has 0 aliphatic carbocycles. The largest absolute Gasteiger partial charge is 0.356 e. The molecule has 0 bridgehead atoms. The highest BCUT2D eigenvalue weighted by molar-refractivity contribution is 5.73. The zero-order valence-corrected chi connectivity index (χ0v) is 9.22. The molecule has 0 aromatic carbocycles. The Hall–Kier alpha value is -1.06. The minimum atomic E-state index is 0.0127. The summed E-state index contributed by atoms with van der Waals surface area (Å²) < 4.78 is 0. The minimum Gasteiger partial charge on any atom is -0.356 e. The average molecular weight is 200 g/mol. The third kappa shape index (κ3) is 9.03. The zero-order chi connectivity index (χ0) is 11.0. The molecule has 0 unspecified atom stereocenters. The SMILES string of the molecule is CC(=O)NCCC[C@H](C)CNC(C)=O. The Morgan fingerprint density at radius 1 is 1.14 bits per heavy atom. The first kappa shape index (κ1) is 12.9. The summed E-state index contributed by atoms with van der Waals surface area (Å²) in [7, 11) is 0. The Kier molecular flexibility index (Phi) is 6.80. The summed E-state index contributed by atoms with van der Waals surface area (Å²) in [5.41, 5.74) is 0.